The zero-order valence-corrected chi connectivity index (χ0v) is 14.7. The number of hydrogen-bond donors (Lipinski definition) is 6. The van der Waals surface area contributed by atoms with Crippen LogP contribution >= 0.6 is 0 Å². The number of aliphatic hydroxyl groups excluding tert-OH is 3. The number of pyridine rings is 1. The average Bonchev–Trinajstić information content (AvgIpc) is 2.94. The van der Waals surface area contributed by atoms with E-state index in [1.54, 1.807) is 0 Å². The molecule has 8 N–H and O–H groups in total. The third kappa shape index (κ3) is 6.51. The van der Waals surface area contributed by atoms with Crippen LogP contribution in [0.1, 0.15) is 29.4 Å². The molecule has 156 valence electrons. The lowest BCUT2D eigenvalue weighted by atomic mass is 10.1. The van der Waals surface area contributed by atoms with Gasteiger partial charge >= 0.3 is 5.97 Å². The maximum Gasteiger partial charge on any atom is 0.341 e. The van der Waals surface area contributed by atoms with E-state index in [0.717, 1.165) is 0 Å². The van der Waals surface area contributed by atoms with E-state index in [2.05, 4.69) is 0 Å². The molecule has 0 radical (unpaired) electrons. The number of hydrogen-bond acceptors (Lipinski definition) is 9. The van der Waals surface area contributed by atoms with Crippen LogP contribution in [0.25, 0.3) is 0 Å². The molecule has 12 nitrogen and oxygen atoms in total. The highest BCUT2D eigenvalue weighted by molar-refractivity contribution is 5.86. The third-order valence-corrected chi connectivity index (χ3v) is 3.88. The Morgan fingerprint density at radius 1 is 1.29 bits per heavy atom. The smallest absolute Gasteiger partial charge is 0.341 e. The third-order valence-electron chi connectivity index (χ3n) is 3.88. The molecule has 0 saturated carbocycles. The SMILES string of the molecule is NC(=O)CCC(N)C(=O)[O-].O=C(O)c1ccc[n+]([C@@H]2O[C@H](CO)[C@@H](O)[C@H]2O)c1. The quantitative estimate of drug-likeness (QED) is 0.241. The Bertz CT molecular complexity index is 700. The van der Waals surface area contributed by atoms with Gasteiger partial charge in [0.25, 0.3) is 6.23 Å². The minimum absolute atomic E-state index is 0.0187. The van der Waals surface area contributed by atoms with Crippen molar-refractivity contribution in [1.82, 2.24) is 0 Å². The number of carbonyl (C=O) groups excluding carboxylic acids is 2. The number of aliphatic carboxylic acids is 1. The molecule has 12 heteroatoms. The van der Waals surface area contributed by atoms with Gasteiger partial charge in [0.05, 0.1) is 12.6 Å². The van der Waals surface area contributed by atoms with E-state index in [1.807, 2.05) is 0 Å². The van der Waals surface area contributed by atoms with Crippen molar-refractivity contribution < 1.29 is 49.2 Å². The molecular weight excluding hydrogens is 378 g/mol. The molecular formula is C16H23N3O9. The van der Waals surface area contributed by atoms with Crippen LogP contribution in [0.5, 0.6) is 0 Å². The van der Waals surface area contributed by atoms with Crippen LogP contribution in [-0.2, 0) is 14.3 Å². The molecule has 1 aliphatic rings. The summed E-state index contributed by atoms with van der Waals surface area (Å²) in [6, 6.07) is 1.81. The van der Waals surface area contributed by atoms with Gasteiger partial charge in [0.15, 0.2) is 18.5 Å². The summed E-state index contributed by atoms with van der Waals surface area (Å²) in [6.07, 6.45) is -1.40. The largest absolute Gasteiger partial charge is 0.548 e. The van der Waals surface area contributed by atoms with Crippen molar-refractivity contribution in [3.05, 3.63) is 30.1 Å². The Hall–Kier alpha value is -2.64. The number of aliphatic hydroxyl groups is 3. The summed E-state index contributed by atoms with van der Waals surface area (Å²) in [4.78, 5) is 30.8. The fourth-order valence-electron chi connectivity index (χ4n) is 2.32. The summed E-state index contributed by atoms with van der Waals surface area (Å²) in [5, 5.41) is 47.1. The molecule has 1 aromatic rings. The number of carboxylic acid groups (broad SMARTS) is 2. The van der Waals surface area contributed by atoms with Crippen molar-refractivity contribution in [3.63, 3.8) is 0 Å². The molecule has 0 aromatic carbocycles. The van der Waals surface area contributed by atoms with Gasteiger partial charge in [-0.1, -0.05) is 0 Å². The van der Waals surface area contributed by atoms with Gasteiger partial charge < -0.3 is 46.5 Å². The van der Waals surface area contributed by atoms with E-state index in [-0.39, 0.29) is 18.4 Å². The average molecular weight is 401 g/mol. The molecule has 1 unspecified atom stereocenters. The van der Waals surface area contributed by atoms with E-state index in [9.17, 15) is 29.7 Å². The van der Waals surface area contributed by atoms with Crippen LogP contribution < -0.4 is 21.1 Å². The molecule has 28 heavy (non-hydrogen) atoms. The minimum atomic E-state index is -1.36. The van der Waals surface area contributed by atoms with Crippen LogP contribution in [-0.4, -0.2) is 69.2 Å². The standard InChI is InChI=1S/C11H13NO6.C5H10N2O3/c13-5-7-8(14)9(15)10(18-7)12-3-1-2-6(4-12)11(16)17;6-3(5(9)10)1-2-4(7)8/h1-4,7-10,13-15H,5H2;3H,1-2,6H2,(H2,7,8)(H,9,10)/t7-,8-,9-,10-;/m1./s1. The number of primary amides is 1. The first-order valence-corrected chi connectivity index (χ1v) is 8.19. The highest BCUT2D eigenvalue weighted by Crippen LogP contribution is 2.25. The number of carbonyl (C=O) groups is 3. The van der Waals surface area contributed by atoms with E-state index in [1.165, 1.54) is 29.1 Å². The Labute approximate surface area is 159 Å². The van der Waals surface area contributed by atoms with Crippen LogP contribution in [0.15, 0.2) is 24.5 Å². The molecule has 1 amide bonds. The summed E-state index contributed by atoms with van der Waals surface area (Å²) >= 11 is 0. The number of ether oxygens (including phenoxy) is 1. The maximum atomic E-state index is 10.8. The highest BCUT2D eigenvalue weighted by atomic mass is 16.6. The molecule has 5 atom stereocenters. The molecule has 1 aliphatic heterocycles. The topological polar surface area (TPSA) is 220 Å². The van der Waals surface area contributed by atoms with E-state index < -0.39 is 55.0 Å². The van der Waals surface area contributed by atoms with Gasteiger partial charge in [-0.2, -0.15) is 4.57 Å². The Morgan fingerprint density at radius 2 is 1.93 bits per heavy atom. The first-order valence-electron chi connectivity index (χ1n) is 8.19. The summed E-state index contributed by atoms with van der Waals surface area (Å²) in [5.41, 5.74) is 9.77. The molecule has 0 bridgehead atoms. The number of nitrogens with zero attached hydrogens (tertiary/aromatic N) is 1. The fraction of sp³-hybridized carbons (Fsp3) is 0.500. The second-order valence-electron chi connectivity index (χ2n) is 6.00. The van der Waals surface area contributed by atoms with Crippen molar-refractivity contribution >= 4 is 17.8 Å². The van der Waals surface area contributed by atoms with Gasteiger partial charge in [-0.3, -0.25) is 4.79 Å². The molecule has 1 fully saturated rings. The van der Waals surface area contributed by atoms with Crippen molar-refractivity contribution in [2.24, 2.45) is 11.5 Å². The van der Waals surface area contributed by atoms with Crippen molar-refractivity contribution in [1.29, 1.82) is 0 Å². The van der Waals surface area contributed by atoms with Gasteiger partial charge in [0.2, 0.25) is 5.91 Å². The maximum absolute atomic E-state index is 10.8. The summed E-state index contributed by atoms with van der Waals surface area (Å²) in [6.45, 7) is -0.423. The Balaban J connectivity index is 0.000000336. The number of amides is 1. The Kier molecular flexibility index (Phi) is 8.88. The summed E-state index contributed by atoms with van der Waals surface area (Å²) < 4.78 is 6.63. The molecule has 0 aliphatic carbocycles. The first kappa shape index (κ1) is 23.4. The van der Waals surface area contributed by atoms with Gasteiger partial charge in [-0.05, 0) is 12.5 Å². The number of rotatable bonds is 7. The van der Waals surface area contributed by atoms with Crippen LogP contribution in [0.4, 0.5) is 0 Å². The number of aromatic nitrogens is 1. The predicted octanol–water partition coefficient (Wildman–Crippen LogP) is -4.39. The Morgan fingerprint density at radius 3 is 2.39 bits per heavy atom. The lowest BCUT2D eigenvalue weighted by molar-refractivity contribution is -0.765. The van der Waals surface area contributed by atoms with Gasteiger partial charge in [0.1, 0.15) is 17.8 Å². The molecule has 2 rings (SSSR count). The summed E-state index contributed by atoms with van der Waals surface area (Å²) in [5.74, 6) is -3.02. The monoisotopic (exact) mass is 401 g/mol. The molecule has 1 aromatic heterocycles. The molecule has 2 heterocycles. The summed E-state index contributed by atoms with van der Waals surface area (Å²) in [7, 11) is 0. The van der Waals surface area contributed by atoms with Crippen molar-refractivity contribution in [3.8, 4) is 0 Å². The van der Waals surface area contributed by atoms with Gasteiger partial charge in [-0.25, -0.2) is 4.79 Å². The minimum Gasteiger partial charge on any atom is -0.548 e. The lowest BCUT2D eigenvalue weighted by Crippen LogP contribution is -2.46. The van der Waals surface area contributed by atoms with Crippen LogP contribution in [0.2, 0.25) is 0 Å². The molecule has 1 saturated heterocycles. The van der Waals surface area contributed by atoms with Gasteiger partial charge in [-0.15, -0.1) is 0 Å². The second kappa shape index (κ2) is 10.6. The molecule has 0 spiro atoms. The first-order chi connectivity index (χ1) is 13.1. The second-order valence-corrected chi connectivity index (χ2v) is 6.00. The van der Waals surface area contributed by atoms with Crippen molar-refractivity contribution in [2.45, 2.75) is 43.4 Å². The number of nitrogens with two attached hydrogens (primary N) is 2. The lowest BCUT2D eigenvalue weighted by Gasteiger charge is -2.09. The van der Waals surface area contributed by atoms with Crippen LogP contribution in [0, 0.1) is 0 Å². The predicted molar refractivity (Wildman–Crippen MR) is 88.0 cm³/mol. The van der Waals surface area contributed by atoms with E-state index in [4.69, 9.17) is 26.4 Å². The fourth-order valence-corrected chi connectivity index (χ4v) is 2.32. The number of carboxylic acids is 2. The van der Waals surface area contributed by atoms with Crippen molar-refractivity contribution in [2.75, 3.05) is 6.61 Å². The highest BCUT2D eigenvalue weighted by Gasteiger charge is 2.47. The number of aromatic carboxylic acids is 1. The van der Waals surface area contributed by atoms with E-state index in [0.29, 0.717) is 0 Å². The van der Waals surface area contributed by atoms with Crippen LogP contribution in [0.3, 0.4) is 0 Å². The zero-order valence-electron chi connectivity index (χ0n) is 14.7. The van der Waals surface area contributed by atoms with Gasteiger partial charge in [0, 0.05) is 18.5 Å². The van der Waals surface area contributed by atoms with E-state index >= 15 is 0 Å². The normalized spacial score (nSPS) is 24.7. The zero-order chi connectivity index (χ0) is 21.4.